The lowest BCUT2D eigenvalue weighted by Gasteiger charge is -2.26. The second-order valence-corrected chi connectivity index (χ2v) is 9.23. The van der Waals surface area contributed by atoms with Gasteiger partial charge in [-0.25, -0.2) is 21.6 Å². The molecule has 0 fully saturated rings. The van der Waals surface area contributed by atoms with Crippen molar-refractivity contribution in [3.05, 3.63) is 54.1 Å². The fourth-order valence-corrected chi connectivity index (χ4v) is 5.57. The quantitative estimate of drug-likeness (QED) is 0.891. The summed E-state index contributed by atoms with van der Waals surface area (Å²) in [4.78, 5) is -0.450. The Labute approximate surface area is 141 Å². The summed E-state index contributed by atoms with van der Waals surface area (Å²) in [5.41, 5.74) is 0.740. The SMILES string of the molecule is CS(=O)(=O)c1ccccc1S(=O)(=O)N[C@@H]1CCOc2ccccc21. The van der Waals surface area contributed by atoms with Crippen molar-refractivity contribution in [2.24, 2.45) is 0 Å². The number of fused-ring (bicyclic) bond motifs is 1. The molecule has 1 heterocycles. The second kappa shape index (κ2) is 6.19. The molecule has 0 aliphatic carbocycles. The monoisotopic (exact) mass is 367 g/mol. The minimum absolute atomic E-state index is 0.210. The summed E-state index contributed by atoms with van der Waals surface area (Å²) in [6, 6.07) is 12.3. The molecule has 0 radical (unpaired) electrons. The first-order valence-corrected chi connectivity index (χ1v) is 10.7. The van der Waals surface area contributed by atoms with Crippen LogP contribution < -0.4 is 9.46 Å². The van der Waals surface area contributed by atoms with Gasteiger partial charge in [-0.05, 0) is 18.2 Å². The van der Waals surface area contributed by atoms with Crippen LogP contribution in [0.1, 0.15) is 18.0 Å². The van der Waals surface area contributed by atoms with Crippen LogP contribution in [-0.2, 0) is 19.9 Å². The summed E-state index contributed by atoms with van der Waals surface area (Å²) < 4.78 is 57.4. The molecule has 0 spiro atoms. The Morgan fingerprint density at radius 1 is 0.958 bits per heavy atom. The largest absolute Gasteiger partial charge is 0.493 e. The maximum absolute atomic E-state index is 12.8. The van der Waals surface area contributed by atoms with Gasteiger partial charge in [0.15, 0.2) is 9.84 Å². The average molecular weight is 367 g/mol. The molecule has 0 aromatic heterocycles. The molecule has 2 aromatic carbocycles. The average Bonchev–Trinajstić information content (AvgIpc) is 2.54. The molecule has 1 aliphatic rings. The van der Waals surface area contributed by atoms with Crippen molar-refractivity contribution in [2.45, 2.75) is 22.3 Å². The maximum atomic E-state index is 12.8. The van der Waals surface area contributed by atoms with Crippen LogP contribution in [0.15, 0.2) is 58.3 Å². The lowest BCUT2D eigenvalue weighted by Crippen LogP contribution is -2.32. The first kappa shape index (κ1) is 16.9. The molecule has 0 unspecified atom stereocenters. The Bertz CT molecular complexity index is 967. The zero-order valence-electron chi connectivity index (χ0n) is 13.0. The smallest absolute Gasteiger partial charge is 0.242 e. The molecule has 0 saturated heterocycles. The molecule has 1 aliphatic heterocycles. The van der Waals surface area contributed by atoms with Gasteiger partial charge in [0.05, 0.1) is 17.5 Å². The van der Waals surface area contributed by atoms with E-state index in [2.05, 4.69) is 4.72 Å². The first-order valence-electron chi connectivity index (χ1n) is 7.32. The van der Waals surface area contributed by atoms with Gasteiger partial charge < -0.3 is 4.74 Å². The number of para-hydroxylation sites is 1. The predicted octanol–water partition coefficient (Wildman–Crippen LogP) is 1.89. The van der Waals surface area contributed by atoms with Gasteiger partial charge in [0.25, 0.3) is 0 Å². The van der Waals surface area contributed by atoms with Gasteiger partial charge in [0.2, 0.25) is 10.0 Å². The minimum Gasteiger partial charge on any atom is -0.493 e. The van der Waals surface area contributed by atoms with E-state index in [4.69, 9.17) is 4.74 Å². The van der Waals surface area contributed by atoms with Crippen molar-refractivity contribution in [1.29, 1.82) is 0 Å². The predicted molar refractivity (Wildman–Crippen MR) is 89.2 cm³/mol. The number of nitrogens with one attached hydrogen (secondary N) is 1. The minimum atomic E-state index is -4.00. The fourth-order valence-electron chi connectivity index (χ4n) is 2.69. The summed E-state index contributed by atoms with van der Waals surface area (Å²) in [7, 11) is -7.66. The van der Waals surface area contributed by atoms with Crippen LogP contribution in [0, 0.1) is 0 Å². The number of sulfonamides is 1. The summed E-state index contributed by atoms with van der Waals surface area (Å²) in [6.45, 7) is 0.387. The zero-order chi connectivity index (χ0) is 17.4. The standard InChI is InChI=1S/C16H17NO5S2/c1-23(18,19)15-8-4-5-9-16(15)24(20,21)17-13-10-11-22-14-7-3-2-6-12(13)14/h2-9,13,17H,10-11H2,1H3/t13-/m1/s1. The van der Waals surface area contributed by atoms with Crippen molar-refractivity contribution in [2.75, 3.05) is 12.9 Å². The highest BCUT2D eigenvalue weighted by atomic mass is 32.2. The third-order valence-corrected chi connectivity index (χ3v) is 6.61. The summed E-state index contributed by atoms with van der Waals surface area (Å²) in [5, 5.41) is 0. The molecule has 1 atom stereocenters. The van der Waals surface area contributed by atoms with E-state index in [1.165, 1.54) is 24.3 Å². The number of sulfone groups is 1. The van der Waals surface area contributed by atoms with E-state index in [1.54, 1.807) is 18.2 Å². The fraction of sp³-hybridized carbons (Fsp3) is 0.250. The Hall–Kier alpha value is -1.90. The first-order chi connectivity index (χ1) is 11.3. The lowest BCUT2D eigenvalue weighted by molar-refractivity contribution is 0.263. The normalized spacial score (nSPS) is 17.8. The molecule has 2 aromatic rings. The Kier molecular flexibility index (Phi) is 4.37. The summed E-state index contributed by atoms with van der Waals surface area (Å²) >= 11 is 0. The highest BCUT2D eigenvalue weighted by Gasteiger charge is 2.29. The van der Waals surface area contributed by atoms with Crippen molar-refractivity contribution < 1.29 is 21.6 Å². The van der Waals surface area contributed by atoms with Crippen LogP contribution in [0.5, 0.6) is 5.75 Å². The second-order valence-electron chi connectivity index (χ2n) is 5.57. The number of ether oxygens (including phenoxy) is 1. The number of benzene rings is 2. The molecule has 24 heavy (non-hydrogen) atoms. The van der Waals surface area contributed by atoms with Gasteiger partial charge in [-0.15, -0.1) is 0 Å². The van der Waals surface area contributed by atoms with E-state index in [0.29, 0.717) is 18.8 Å². The van der Waals surface area contributed by atoms with Crippen LogP contribution in [-0.4, -0.2) is 29.7 Å². The summed E-state index contributed by atoms with van der Waals surface area (Å²) in [5.74, 6) is 0.632. The number of hydrogen-bond acceptors (Lipinski definition) is 5. The summed E-state index contributed by atoms with van der Waals surface area (Å²) in [6.07, 6.45) is 1.46. The topological polar surface area (TPSA) is 89.5 Å². The van der Waals surface area contributed by atoms with E-state index in [9.17, 15) is 16.8 Å². The van der Waals surface area contributed by atoms with Crippen molar-refractivity contribution in [3.8, 4) is 5.75 Å². The van der Waals surface area contributed by atoms with Crippen molar-refractivity contribution >= 4 is 19.9 Å². The van der Waals surface area contributed by atoms with Gasteiger partial charge in [0, 0.05) is 18.2 Å². The molecule has 0 amide bonds. The molecular weight excluding hydrogens is 350 g/mol. The Morgan fingerprint density at radius 2 is 1.58 bits per heavy atom. The van der Waals surface area contributed by atoms with Crippen LogP contribution in [0.25, 0.3) is 0 Å². The van der Waals surface area contributed by atoms with Crippen molar-refractivity contribution in [1.82, 2.24) is 4.72 Å². The molecule has 0 saturated carbocycles. The van der Waals surface area contributed by atoms with E-state index in [-0.39, 0.29) is 9.79 Å². The van der Waals surface area contributed by atoms with Gasteiger partial charge in [0.1, 0.15) is 10.6 Å². The van der Waals surface area contributed by atoms with E-state index < -0.39 is 25.9 Å². The molecule has 0 bridgehead atoms. The Morgan fingerprint density at radius 3 is 2.29 bits per heavy atom. The highest BCUT2D eigenvalue weighted by Crippen LogP contribution is 2.33. The van der Waals surface area contributed by atoms with Crippen LogP contribution in [0.4, 0.5) is 0 Å². The Balaban J connectivity index is 2.00. The van der Waals surface area contributed by atoms with Crippen LogP contribution in [0.2, 0.25) is 0 Å². The van der Waals surface area contributed by atoms with Gasteiger partial charge in [-0.2, -0.15) is 0 Å². The zero-order valence-corrected chi connectivity index (χ0v) is 14.6. The van der Waals surface area contributed by atoms with Crippen LogP contribution in [0.3, 0.4) is 0 Å². The third-order valence-electron chi connectivity index (χ3n) is 3.79. The van der Waals surface area contributed by atoms with E-state index in [1.807, 2.05) is 6.07 Å². The van der Waals surface area contributed by atoms with E-state index in [0.717, 1.165) is 11.8 Å². The molecule has 128 valence electrons. The third kappa shape index (κ3) is 3.31. The van der Waals surface area contributed by atoms with E-state index >= 15 is 0 Å². The van der Waals surface area contributed by atoms with Gasteiger partial charge in [-0.3, -0.25) is 0 Å². The molecule has 8 heteroatoms. The lowest BCUT2D eigenvalue weighted by atomic mass is 10.0. The highest BCUT2D eigenvalue weighted by molar-refractivity contribution is 7.93. The van der Waals surface area contributed by atoms with Gasteiger partial charge >= 0.3 is 0 Å². The molecular formula is C16H17NO5S2. The number of hydrogen-bond donors (Lipinski definition) is 1. The molecule has 1 N–H and O–H groups in total. The maximum Gasteiger partial charge on any atom is 0.242 e. The molecule has 6 nitrogen and oxygen atoms in total. The van der Waals surface area contributed by atoms with Gasteiger partial charge in [-0.1, -0.05) is 30.3 Å². The van der Waals surface area contributed by atoms with Crippen molar-refractivity contribution in [3.63, 3.8) is 0 Å². The number of rotatable bonds is 4. The molecule has 3 rings (SSSR count). The van der Waals surface area contributed by atoms with Crippen LogP contribution >= 0.6 is 0 Å².